The minimum absolute atomic E-state index is 0.0956. The van der Waals surface area contributed by atoms with E-state index in [0.717, 1.165) is 0 Å². The van der Waals surface area contributed by atoms with E-state index in [2.05, 4.69) is 4.18 Å². The van der Waals surface area contributed by atoms with Crippen LogP contribution in [0.5, 0.6) is 0 Å². The maximum absolute atomic E-state index is 13.7. The Balaban J connectivity index is 2.41. The number of halogens is 5. The Labute approximate surface area is 111 Å². The third-order valence-corrected chi connectivity index (χ3v) is 3.95. The molecule has 20 heavy (non-hydrogen) atoms. The Morgan fingerprint density at radius 3 is 2.35 bits per heavy atom. The highest BCUT2D eigenvalue weighted by molar-refractivity contribution is 7.87. The van der Waals surface area contributed by atoms with Crippen molar-refractivity contribution in [1.29, 1.82) is 0 Å². The van der Waals surface area contributed by atoms with Gasteiger partial charge in [0.1, 0.15) is 12.3 Å². The predicted molar refractivity (Wildman–Crippen MR) is 58.7 cm³/mol. The van der Waals surface area contributed by atoms with Crippen LogP contribution in [0.25, 0.3) is 0 Å². The van der Waals surface area contributed by atoms with Gasteiger partial charge in [0.05, 0.1) is 0 Å². The molecule has 1 aliphatic carbocycles. The second kappa shape index (κ2) is 4.96. The Hall–Kier alpha value is -1.22. The van der Waals surface area contributed by atoms with Gasteiger partial charge in [-0.05, 0) is 11.1 Å². The van der Waals surface area contributed by atoms with Gasteiger partial charge in [-0.15, -0.1) is 0 Å². The molecule has 112 valence electrons. The third kappa shape index (κ3) is 2.64. The van der Waals surface area contributed by atoms with Gasteiger partial charge in [0.15, 0.2) is 6.17 Å². The second-order valence-electron chi connectivity index (χ2n) is 4.28. The lowest BCUT2D eigenvalue weighted by Crippen LogP contribution is -2.38. The van der Waals surface area contributed by atoms with Crippen molar-refractivity contribution in [2.45, 2.75) is 30.4 Å². The molecule has 1 aliphatic rings. The molecular formula is C11H9F5O3S. The fourth-order valence-electron chi connectivity index (χ4n) is 1.98. The molecule has 3 nitrogen and oxygen atoms in total. The van der Waals surface area contributed by atoms with Gasteiger partial charge in [-0.3, -0.25) is 4.18 Å². The van der Waals surface area contributed by atoms with Crippen molar-refractivity contribution in [2.24, 2.45) is 0 Å². The van der Waals surface area contributed by atoms with Crippen molar-refractivity contribution in [3.63, 3.8) is 0 Å². The smallest absolute Gasteiger partial charge is 0.252 e. The van der Waals surface area contributed by atoms with Crippen molar-refractivity contribution >= 4 is 10.1 Å². The molecule has 0 aromatic heterocycles. The highest BCUT2D eigenvalue weighted by atomic mass is 32.2. The highest BCUT2D eigenvalue weighted by Gasteiger charge is 2.51. The molecule has 0 saturated carbocycles. The van der Waals surface area contributed by atoms with Crippen molar-refractivity contribution in [2.75, 3.05) is 0 Å². The van der Waals surface area contributed by atoms with Gasteiger partial charge in [0.25, 0.3) is 0 Å². The fourth-order valence-corrected chi connectivity index (χ4v) is 2.57. The summed E-state index contributed by atoms with van der Waals surface area (Å²) in [5.41, 5.74) is -5.57. The van der Waals surface area contributed by atoms with E-state index in [9.17, 15) is 30.4 Å². The van der Waals surface area contributed by atoms with E-state index in [1.54, 1.807) is 0 Å². The Kier molecular flexibility index (Phi) is 3.76. The molecule has 0 bridgehead atoms. The van der Waals surface area contributed by atoms with E-state index in [1.165, 1.54) is 24.3 Å². The van der Waals surface area contributed by atoms with Crippen molar-refractivity contribution in [3.05, 3.63) is 35.4 Å². The monoisotopic (exact) mass is 316 g/mol. The number of rotatable bonds is 2. The minimum Gasteiger partial charge on any atom is -0.252 e. The van der Waals surface area contributed by atoms with E-state index in [4.69, 9.17) is 0 Å². The lowest BCUT2D eigenvalue weighted by atomic mass is 9.87. The Morgan fingerprint density at radius 1 is 1.15 bits per heavy atom. The highest BCUT2D eigenvalue weighted by Crippen LogP contribution is 2.39. The fraction of sp³-hybridized carbons (Fsp3) is 0.455. The molecule has 0 aliphatic heterocycles. The predicted octanol–water partition coefficient (Wildman–Crippen LogP) is 2.83. The van der Waals surface area contributed by atoms with E-state index >= 15 is 0 Å². The van der Waals surface area contributed by atoms with Crippen LogP contribution in [-0.2, 0) is 20.7 Å². The number of benzene rings is 1. The standard InChI is InChI=1S/C11H9F5O3S/c12-8-5-6-3-1-2-4-7(6)10(9(8)13)19-20(17,18)11(14,15)16/h1-4,8-10H,5H2. The number of alkyl halides is 5. The molecule has 1 aromatic carbocycles. The number of hydrogen-bond acceptors (Lipinski definition) is 3. The van der Waals surface area contributed by atoms with Gasteiger partial charge in [-0.1, -0.05) is 24.3 Å². The Bertz CT molecular complexity index is 598. The van der Waals surface area contributed by atoms with E-state index in [1.807, 2.05) is 0 Å². The first-order chi connectivity index (χ1) is 9.13. The lowest BCUT2D eigenvalue weighted by molar-refractivity contribution is -0.0640. The summed E-state index contributed by atoms with van der Waals surface area (Å²) in [5, 5.41) is 0. The van der Waals surface area contributed by atoms with Crippen LogP contribution in [0.1, 0.15) is 17.2 Å². The van der Waals surface area contributed by atoms with Crippen molar-refractivity contribution in [1.82, 2.24) is 0 Å². The topological polar surface area (TPSA) is 43.4 Å². The molecule has 9 heteroatoms. The van der Waals surface area contributed by atoms with Gasteiger partial charge in [0, 0.05) is 6.42 Å². The number of fused-ring (bicyclic) bond motifs is 1. The molecule has 0 saturated heterocycles. The zero-order valence-corrected chi connectivity index (χ0v) is 10.6. The summed E-state index contributed by atoms with van der Waals surface area (Å²) in [6.07, 6.45) is -7.09. The molecule has 0 fully saturated rings. The minimum atomic E-state index is -6.00. The average molecular weight is 316 g/mol. The first-order valence-corrected chi connectivity index (χ1v) is 6.90. The zero-order valence-electron chi connectivity index (χ0n) is 9.77. The normalized spacial score (nSPS) is 27.1. The molecule has 0 amide bonds. The first kappa shape index (κ1) is 15.2. The maximum atomic E-state index is 13.7. The van der Waals surface area contributed by atoms with Crippen LogP contribution in [0, 0.1) is 0 Å². The van der Waals surface area contributed by atoms with E-state index in [-0.39, 0.29) is 17.5 Å². The first-order valence-electron chi connectivity index (χ1n) is 5.49. The van der Waals surface area contributed by atoms with Crippen molar-refractivity contribution in [3.8, 4) is 0 Å². The molecular weight excluding hydrogens is 307 g/mol. The number of hydrogen-bond donors (Lipinski definition) is 0. The summed E-state index contributed by atoms with van der Waals surface area (Å²) in [6, 6.07) is 5.45. The molecule has 3 atom stereocenters. The molecule has 2 rings (SSSR count). The van der Waals surface area contributed by atoms with Gasteiger partial charge < -0.3 is 0 Å². The third-order valence-electron chi connectivity index (χ3n) is 2.93. The van der Waals surface area contributed by atoms with Crippen LogP contribution < -0.4 is 0 Å². The summed E-state index contributed by atoms with van der Waals surface area (Å²) in [6.45, 7) is 0. The van der Waals surface area contributed by atoms with Gasteiger partial charge in [0.2, 0.25) is 0 Å². The molecule has 0 spiro atoms. The Morgan fingerprint density at radius 2 is 1.75 bits per heavy atom. The van der Waals surface area contributed by atoms with Crippen LogP contribution in [0.3, 0.4) is 0 Å². The quantitative estimate of drug-likeness (QED) is 0.479. The van der Waals surface area contributed by atoms with Crippen LogP contribution in [0.15, 0.2) is 24.3 Å². The summed E-state index contributed by atoms with van der Waals surface area (Å²) in [4.78, 5) is 0. The van der Waals surface area contributed by atoms with Crippen LogP contribution in [0.2, 0.25) is 0 Å². The van der Waals surface area contributed by atoms with Gasteiger partial charge in [-0.25, -0.2) is 8.78 Å². The molecule has 0 heterocycles. The largest absolute Gasteiger partial charge is 0.523 e. The van der Waals surface area contributed by atoms with Crippen molar-refractivity contribution < 1.29 is 34.6 Å². The maximum Gasteiger partial charge on any atom is 0.523 e. The van der Waals surface area contributed by atoms with Gasteiger partial charge >= 0.3 is 15.6 Å². The van der Waals surface area contributed by atoms with E-state index < -0.39 is 34.1 Å². The SMILES string of the molecule is O=S(=O)(OC1c2ccccc2CC(F)C1F)C(F)(F)F. The molecule has 0 radical (unpaired) electrons. The molecule has 3 unspecified atom stereocenters. The van der Waals surface area contributed by atoms with Crippen LogP contribution in [0.4, 0.5) is 22.0 Å². The summed E-state index contributed by atoms with van der Waals surface area (Å²) >= 11 is 0. The summed E-state index contributed by atoms with van der Waals surface area (Å²) in [7, 11) is -6.00. The summed E-state index contributed by atoms with van der Waals surface area (Å²) in [5.74, 6) is 0. The second-order valence-corrected chi connectivity index (χ2v) is 5.84. The molecule has 1 aromatic rings. The molecule has 0 N–H and O–H groups in total. The average Bonchev–Trinajstić information content (AvgIpc) is 2.33. The lowest BCUT2D eigenvalue weighted by Gasteiger charge is -2.30. The van der Waals surface area contributed by atoms with Crippen LogP contribution in [-0.4, -0.2) is 26.3 Å². The van der Waals surface area contributed by atoms with Crippen LogP contribution >= 0.6 is 0 Å². The van der Waals surface area contributed by atoms with E-state index in [0.29, 0.717) is 0 Å². The summed E-state index contributed by atoms with van der Waals surface area (Å²) < 4.78 is 89.7. The zero-order chi connectivity index (χ0) is 15.1. The van der Waals surface area contributed by atoms with Gasteiger partial charge in [-0.2, -0.15) is 21.6 Å².